The number of carbonyl (C=O) groups is 1. The first-order chi connectivity index (χ1) is 9.74. The number of hydrogen-bond acceptors (Lipinski definition) is 3. The van der Waals surface area contributed by atoms with Gasteiger partial charge in [-0.15, -0.1) is 0 Å². The number of rotatable bonds is 5. The Balaban J connectivity index is 2.24. The summed E-state index contributed by atoms with van der Waals surface area (Å²) in [7, 11) is 0. The lowest BCUT2D eigenvalue weighted by Gasteiger charge is -2.06. The normalized spacial score (nSPS) is 10.3. The quantitative estimate of drug-likeness (QED) is 0.849. The van der Waals surface area contributed by atoms with Crippen LogP contribution in [0.3, 0.4) is 0 Å². The SMILES string of the molecule is CCOC(=O)c1cccc(-c2ccc(CCN)cc2)c1. The summed E-state index contributed by atoms with van der Waals surface area (Å²) >= 11 is 0. The van der Waals surface area contributed by atoms with Gasteiger partial charge in [0.1, 0.15) is 0 Å². The predicted molar refractivity (Wildman–Crippen MR) is 80.6 cm³/mol. The number of hydrogen-bond donors (Lipinski definition) is 1. The van der Waals surface area contributed by atoms with Crippen LogP contribution in [0.2, 0.25) is 0 Å². The largest absolute Gasteiger partial charge is 0.462 e. The Morgan fingerprint density at radius 1 is 1.10 bits per heavy atom. The van der Waals surface area contributed by atoms with Crippen LogP contribution >= 0.6 is 0 Å². The van der Waals surface area contributed by atoms with Gasteiger partial charge in [0, 0.05) is 0 Å². The van der Waals surface area contributed by atoms with Gasteiger partial charge in [0.05, 0.1) is 12.2 Å². The van der Waals surface area contributed by atoms with Crippen LogP contribution in [0.1, 0.15) is 22.8 Å². The second-order valence-corrected chi connectivity index (χ2v) is 4.54. The van der Waals surface area contributed by atoms with E-state index in [2.05, 4.69) is 24.3 Å². The number of nitrogens with two attached hydrogens (primary N) is 1. The molecule has 0 bridgehead atoms. The first-order valence-corrected chi connectivity index (χ1v) is 6.81. The topological polar surface area (TPSA) is 52.3 Å². The van der Waals surface area contributed by atoms with Gasteiger partial charge >= 0.3 is 5.97 Å². The van der Waals surface area contributed by atoms with Crippen molar-refractivity contribution in [3.8, 4) is 11.1 Å². The van der Waals surface area contributed by atoms with Crippen LogP contribution in [0.5, 0.6) is 0 Å². The van der Waals surface area contributed by atoms with Crippen LogP contribution in [-0.2, 0) is 11.2 Å². The second-order valence-electron chi connectivity index (χ2n) is 4.54. The standard InChI is InChI=1S/C17H19NO2/c1-2-20-17(19)16-5-3-4-15(12-16)14-8-6-13(7-9-14)10-11-18/h3-9,12H,2,10-11,18H2,1H3. The molecule has 0 fully saturated rings. The Morgan fingerprint density at radius 2 is 1.85 bits per heavy atom. The lowest BCUT2D eigenvalue weighted by atomic mass is 10.0. The summed E-state index contributed by atoms with van der Waals surface area (Å²) in [5.74, 6) is -0.283. The maximum absolute atomic E-state index is 11.7. The van der Waals surface area contributed by atoms with Crippen molar-refractivity contribution in [3.05, 3.63) is 59.7 Å². The summed E-state index contributed by atoms with van der Waals surface area (Å²) in [6.07, 6.45) is 0.878. The van der Waals surface area contributed by atoms with E-state index in [-0.39, 0.29) is 5.97 Å². The third-order valence-corrected chi connectivity index (χ3v) is 3.09. The van der Waals surface area contributed by atoms with E-state index in [0.29, 0.717) is 18.7 Å². The minimum absolute atomic E-state index is 0.283. The van der Waals surface area contributed by atoms with Crippen LogP contribution in [0.4, 0.5) is 0 Å². The Labute approximate surface area is 119 Å². The Morgan fingerprint density at radius 3 is 2.50 bits per heavy atom. The van der Waals surface area contributed by atoms with Crippen molar-refractivity contribution in [2.75, 3.05) is 13.2 Å². The summed E-state index contributed by atoms with van der Waals surface area (Å²) in [6, 6.07) is 15.7. The fourth-order valence-electron chi connectivity index (χ4n) is 2.07. The molecule has 0 amide bonds. The molecular formula is C17H19NO2. The number of esters is 1. The summed E-state index contributed by atoms with van der Waals surface area (Å²) in [4.78, 5) is 11.7. The minimum Gasteiger partial charge on any atom is -0.462 e. The molecule has 0 radical (unpaired) electrons. The van der Waals surface area contributed by atoms with E-state index >= 15 is 0 Å². The number of ether oxygens (including phenoxy) is 1. The van der Waals surface area contributed by atoms with E-state index in [9.17, 15) is 4.79 Å². The third-order valence-electron chi connectivity index (χ3n) is 3.09. The molecule has 2 rings (SSSR count). The predicted octanol–water partition coefficient (Wildman–Crippen LogP) is 3.03. The molecule has 3 nitrogen and oxygen atoms in total. The first kappa shape index (κ1) is 14.3. The molecule has 104 valence electrons. The van der Waals surface area contributed by atoms with Gasteiger partial charge in [-0.2, -0.15) is 0 Å². The fraction of sp³-hybridized carbons (Fsp3) is 0.235. The zero-order chi connectivity index (χ0) is 14.4. The number of carbonyl (C=O) groups excluding carboxylic acids is 1. The van der Waals surface area contributed by atoms with Gasteiger partial charge in [0.2, 0.25) is 0 Å². The van der Waals surface area contributed by atoms with Crippen molar-refractivity contribution < 1.29 is 9.53 Å². The minimum atomic E-state index is -0.283. The Bertz CT molecular complexity index is 576. The van der Waals surface area contributed by atoms with Crippen LogP contribution in [-0.4, -0.2) is 19.1 Å². The van der Waals surface area contributed by atoms with Crippen molar-refractivity contribution in [3.63, 3.8) is 0 Å². The van der Waals surface area contributed by atoms with Crippen LogP contribution in [0.15, 0.2) is 48.5 Å². The molecule has 0 aliphatic rings. The monoisotopic (exact) mass is 269 g/mol. The van der Waals surface area contributed by atoms with Gasteiger partial charge in [0.25, 0.3) is 0 Å². The van der Waals surface area contributed by atoms with E-state index in [0.717, 1.165) is 17.5 Å². The highest BCUT2D eigenvalue weighted by Gasteiger charge is 2.07. The molecule has 3 heteroatoms. The van der Waals surface area contributed by atoms with Crippen LogP contribution in [0.25, 0.3) is 11.1 Å². The van der Waals surface area contributed by atoms with Gasteiger partial charge in [-0.3, -0.25) is 0 Å². The zero-order valence-corrected chi connectivity index (χ0v) is 11.6. The van der Waals surface area contributed by atoms with E-state index in [4.69, 9.17) is 10.5 Å². The molecule has 0 aliphatic carbocycles. The van der Waals surface area contributed by atoms with Gasteiger partial charge in [-0.1, -0.05) is 36.4 Å². The molecule has 0 aromatic heterocycles. The average molecular weight is 269 g/mol. The molecule has 0 atom stereocenters. The third kappa shape index (κ3) is 3.45. The maximum Gasteiger partial charge on any atom is 0.338 e. The summed E-state index contributed by atoms with van der Waals surface area (Å²) in [5.41, 5.74) is 9.43. The van der Waals surface area contributed by atoms with Gasteiger partial charge in [-0.25, -0.2) is 4.79 Å². The molecular weight excluding hydrogens is 250 g/mol. The summed E-state index contributed by atoms with van der Waals surface area (Å²) in [5, 5.41) is 0. The molecule has 0 saturated carbocycles. The van der Waals surface area contributed by atoms with Crippen molar-refractivity contribution >= 4 is 5.97 Å². The van der Waals surface area contributed by atoms with Crippen molar-refractivity contribution in [1.82, 2.24) is 0 Å². The highest BCUT2D eigenvalue weighted by atomic mass is 16.5. The lowest BCUT2D eigenvalue weighted by molar-refractivity contribution is 0.0526. The second kappa shape index (κ2) is 6.87. The van der Waals surface area contributed by atoms with Crippen molar-refractivity contribution in [1.29, 1.82) is 0 Å². The molecule has 0 aliphatic heterocycles. The molecule has 0 saturated heterocycles. The highest BCUT2D eigenvalue weighted by molar-refractivity contribution is 5.91. The Hall–Kier alpha value is -2.13. The van der Waals surface area contributed by atoms with Crippen molar-refractivity contribution in [2.45, 2.75) is 13.3 Å². The van der Waals surface area contributed by atoms with E-state index < -0.39 is 0 Å². The fourth-order valence-corrected chi connectivity index (χ4v) is 2.07. The van der Waals surface area contributed by atoms with Crippen LogP contribution < -0.4 is 5.73 Å². The summed E-state index contributed by atoms with van der Waals surface area (Å²) in [6.45, 7) is 2.84. The van der Waals surface area contributed by atoms with Gasteiger partial charge < -0.3 is 10.5 Å². The van der Waals surface area contributed by atoms with E-state index in [1.165, 1.54) is 5.56 Å². The van der Waals surface area contributed by atoms with Crippen LogP contribution in [0, 0.1) is 0 Å². The molecule has 2 N–H and O–H groups in total. The molecule has 0 heterocycles. The number of benzene rings is 2. The maximum atomic E-state index is 11.7. The molecule has 0 unspecified atom stereocenters. The first-order valence-electron chi connectivity index (χ1n) is 6.81. The lowest BCUT2D eigenvalue weighted by Crippen LogP contribution is -2.04. The molecule has 2 aromatic carbocycles. The van der Waals surface area contributed by atoms with Gasteiger partial charge in [-0.05, 0) is 48.7 Å². The van der Waals surface area contributed by atoms with Crippen molar-refractivity contribution in [2.24, 2.45) is 5.73 Å². The van der Waals surface area contributed by atoms with E-state index in [1.807, 2.05) is 18.2 Å². The Kier molecular flexibility index (Phi) is 4.91. The molecule has 0 spiro atoms. The average Bonchev–Trinajstić information content (AvgIpc) is 2.49. The molecule has 20 heavy (non-hydrogen) atoms. The smallest absolute Gasteiger partial charge is 0.338 e. The molecule has 2 aromatic rings. The summed E-state index contributed by atoms with van der Waals surface area (Å²) < 4.78 is 5.02. The highest BCUT2D eigenvalue weighted by Crippen LogP contribution is 2.21. The van der Waals surface area contributed by atoms with E-state index in [1.54, 1.807) is 13.0 Å². The zero-order valence-electron chi connectivity index (χ0n) is 11.6. The van der Waals surface area contributed by atoms with Gasteiger partial charge in [0.15, 0.2) is 0 Å².